The fraction of sp³-hybridized carbons (Fsp3) is 0.148. The van der Waals surface area contributed by atoms with Crippen molar-refractivity contribution in [2.75, 3.05) is 5.32 Å². The van der Waals surface area contributed by atoms with Crippen molar-refractivity contribution in [1.82, 2.24) is 25.1 Å². The van der Waals surface area contributed by atoms with Crippen LogP contribution in [-0.4, -0.2) is 76.9 Å². The van der Waals surface area contributed by atoms with E-state index in [0.717, 1.165) is 44.4 Å². The largest absolute Gasteiger partial charge is 0.490 e. The normalized spacial score (nSPS) is 11.2. The first kappa shape index (κ1) is 38.2. The fourth-order valence-electron chi connectivity index (χ4n) is 3.12. The summed E-state index contributed by atoms with van der Waals surface area (Å²) in [6.45, 7) is 2.06. The second kappa shape index (κ2) is 15.5. The average molecular weight is 694 g/mol. The van der Waals surface area contributed by atoms with E-state index in [1.54, 1.807) is 12.4 Å². The van der Waals surface area contributed by atoms with Crippen LogP contribution in [0, 0.1) is 6.92 Å². The van der Waals surface area contributed by atoms with Gasteiger partial charge in [0.1, 0.15) is 5.82 Å². The van der Waals surface area contributed by atoms with Crippen molar-refractivity contribution in [1.29, 1.82) is 0 Å². The van der Waals surface area contributed by atoms with E-state index >= 15 is 0 Å². The molecular weight excluding hydrogens is 675 g/mol. The second-order valence-electron chi connectivity index (χ2n) is 8.86. The van der Waals surface area contributed by atoms with Crippen LogP contribution >= 0.6 is 0 Å². The van der Waals surface area contributed by atoms with Crippen molar-refractivity contribution in [3.8, 4) is 11.4 Å². The van der Waals surface area contributed by atoms with Crippen molar-refractivity contribution in [2.24, 2.45) is 0 Å². The lowest BCUT2D eigenvalue weighted by atomic mass is 10.1. The molecule has 0 fully saturated rings. The Morgan fingerprint density at radius 3 is 1.75 bits per heavy atom. The number of hydrogen-bond acceptors (Lipinski definition) is 8. The van der Waals surface area contributed by atoms with E-state index in [9.17, 15) is 39.5 Å². The summed E-state index contributed by atoms with van der Waals surface area (Å²) in [6, 6.07) is 16.1. The van der Waals surface area contributed by atoms with Crippen LogP contribution in [0.2, 0.25) is 0 Å². The molecule has 2 aromatic carbocycles. The number of anilines is 2. The van der Waals surface area contributed by atoms with Gasteiger partial charge in [0.2, 0.25) is 0 Å². The number of aromatic nitrogens is 5. The Morgan fingerprint density at radius 2 is 1.25 bits per heavy atom. The average Bonchev–Trinajstić information content (AvgIpc) is 3.45. The maximum Gasteiger partial charge on any atom is 0.490 e. The van der Waals surface area contributed by atoms with Crippen molar-refractivity contribution in [2.45, 2.75) is 25.5 Å². The number of aryl methyl sites for hydroxylation is 1. The lowest BCUT2D eigenvalue weighted by Gasteiger charge is -2.12. The second-order valence-corrected chi connectivity index (χ2v) is 8.86. The predicted molar refractivity (Wildman–Crippen MR) is 148 cm³/mol. The number of carbonyl (C=O) groups is 3. The van der Waals surface area contributed by atoms with E-state index in [2.05, 4.69) is 45.6 Å². The Kier molecular flexibility index (Phi) is 12.3. The van der Waals surface area contributed by atoms with Crippen molar-refractivity contribution in [3.63, 3.8) is 0 Å². The number of rotatable bonds is 3. The van der Waals surface area contributed by atoms with Crippen LogP contribution in [0.25, 0.3) is 33.2 Å². The van der Waals surface area contributed by atoms with Gasteiger partial charge < -0.3 is 20.6 Å². The lowest BCUT2D eigenvalue weighted by Crippen LogP contribution is -2.21. The van der Waals surface area contributed by atoms with Gasteiger partial charge in [-0.25, -0.2) is 24.4 Å². The van der Waals surface area contributed by atoms with Gasteiger partial charge in [-0.1, -0.05) is 6.07 Å². The van der Waals surface area contributed by atoms with Gasteiger partial charge in [0, 0.05) is 34.4 Å². The van der Waals surface area contributed by atoms with Crippen molar-refractivity contribution < 1.29 is 69.2 Å². The first-order valence-corrected chi connectivity index (χ1v) is 12.4. The number of carboxylic acids is 3. The Labute approximate surface area is 260 Å². The Morgan fingerprint density at radius 1 is 0.729 bits per heavy atom. The summed E-state index contributed by atoms with van der Waals surface area (Å²) in [6.07, 6.45) is -9.94. The third-order valence-corrected chi connectivity index (χ3v) is 5.22. The van der Waals surface area contributed by atoms with Gasteiger partial charge in [-0.3, -0.25) is 10.1 Å². The van der Waals surface area contributed by atoms with E-state index in [1.165, 1.54) is 0 Å². The third kappa shape index (κ3) is 11.7. The van der Waals surface area contributed by atoms with Crippen LogP contribution in [0.5, 0.6) is 0 Å². The van der Waals surface area contributed by atoms with Crippen LogP contribution in [-0.2, 0) is 14.4 Å². The number of fused-ring (bicyclic) bond motifs is 2. The Hall–Kier alpha value is -6.02. The molecule has 0 atom stereocenters. The molecule has 48 heavy (non-hydrogen) atoms. The van der Waals surface area contributed by atoms with Crippen LogP contribution in [0.4, 0.5) is 51.0 Å². The molecule has 3 aromatic heterocycles. The zero-order valence-electron chi connectivity index (χ0n) is 23.6. The lowest BCUT2D eigenvalue weighted by molar-refractivity contribution is -0.193. The Bertz CT molecular complexity index is 1820. The number of carboxylic acid groups (broad SMARTS) is 3. The SMILES string of the molecule is Cc1ccc2c(Nc3ccc4[nH]ncc4c3)nc(-c3ccncc3)nc2c1.O=C(O)C(F)(F)F.O=C(O)C(F)(F)F.O=C(O)C(F)(F)F. The molecule has 0 unspecified atom stereocenters. The minimum Gasteiger partial charge on any atom is -0.475 e. The molecule has 21 heteroatoms. The molecule has 5 aromatic rings. The van der Waals surface area contributed by atoms with E-state index < -0.39 is 36.4 Å². The summed E-state index contributed by atoms with van der Waals surface area (Å²) in [5.41, 5.74) is 4.95. The minimum absolute atomic E-state index is 0.669. The van der Waals surface area contributed by atoms with Gasteiger partial charge >= 0.3 is 36.4 Å². The smallest absolute Gasteiger partial charge is 0.475 e. The predicted octanol–water partition coefficient (Wildman–Crippen LogP) is 6.52. The molecule has 0 spiro atoms. The molecule has 5 rings (SSSR count). The molecule has 0 bridgehead atoms. The highest BCUT2D eigenvalue weighted by atomic mass is 19.4. The molecule has 3 heterocycles. The number of alkyl halides is 9. The van der Waals surface area contributed by atoms with E-state index in [-0.39, 0.29) is 0 Å². The topological polar surface area (TPSA) is 191 Å². The van der Waals surface area contributed by atoms with Crippen LogP contribution < -0.4 is 5.32 Å². The van der Waals surface area contributed by atoms with Gasteiger partial charge in [0.05, 0.1) is 17.2 Å². The van der Waals surface area contributed by atoms with E-state index in [4.69, 9.17) is 39.7 Å². The molecule has 256 valence electrons. The maximum atomic E-state index is 10.6. The highest BCUT2D eigenvalue weighted by molar-refractivity contribution is 5.93. The van der Waals surface area contributed by atoms with Gasteiger partial charge in [-0.2, -0.15) is 44.6 Å². The Balaban J connectivity index is 0.000000313. The molecule has 0 aliphatic rings. The van der Waals surface area contributed by atoms with Crippen LogP contribution in [0.3, 0.4) is 0 Å². The van der Waals surface area contributed by atoms with E-state index in [0.29, 0.717) is 5.82 Å². The number of aromatic amines is 1. The summed E-state index contributed by atoms with van der Waals surface area (Å²) >= 11 is 0. The summed E-state index contributed by atoms with van der Waals surface area (Å²) in [5, 5.41) is 33.9. The summed E-state index contributed by atoms with van der Waals surface area (Å²) < 4.78 is 95.2. The number of halogens is 9. The van der Waals surface area contributed by atoms with Crippen molar-refractivity contribution in [3.05, 3.63) is 72.7 Å². The summed E-state index contributed by atoms with van der Waals surface area (Å²) in [5.74, 6) is -6.83. The van der Waals surface area contributed by atoms with Gasteiger partial charge in [0.25, 0.3) is 0 Å². The molecule has 12 nitrogen and oxygen atoms in total. The number of hydrogen-bond donors (Lipinski definition) is 5. The van der Waals surface area contributed by atoms with Gasteiger partial charge in [0.15, 0.2) is 5.82 Å². The fourth-order valence-corrected chi connectivity index (χ4v) is 3.12. The third-order valence-electron chi connectivity index (χ3n) is 5.22. The quantitative estimate of drug-likeness (QED) is 0.129. The molecule has 0 saturated heterocycles. The zero-order chi connectivity index (χ0) is 36.4. The molecule has 0 aliphatic carbocycles. The first-order chi connectivity index (χ1) is 22.1. The number of pyridine rings is 1. The van der Waals surface area contributed by atoms with Gasteiger partial charge in [-0.15, -0.1) is 0 Å². The number of H-pyrrole nitrogens is 1. The molecule has 0 radical (unpaired) electrons. The molecule has 5 N–H and O–H groups in total. The number of aliphatic carboxylic acids is 3. The van der Waals surface area contributed by atoms with Gasteiger partial charge in [-0.05, 0) is 55.0 Å². The monoisotopic (exact) mass is 694 g/mol. The van der Waals surface area contributed by atoms with Crippen molar-refractivity contribution >= 4 is 51.2 Å². The number of benzene rings is 2. The molecular formula is C27H19F9N6O6. The molecule has 0 amide bonds. The molecule has 0 aliphatic heterocycles. The van der Waals surface area contributed by atoms with E-state index in [1.807, 2.05) is 36.5 Å². The number of nitrogens with zero attached hydrogens (tertiary/aromatic N) is 4. The maximum absolute atomic E-state index is 10.6. The highest BCUT2D eigenvalue weighted by Gasteiger charge is 2.39. The zero-order valence-corrected chi connectivity index (χ0v) is 23.6. The minimum atomic E-state index is -5.08. The first-order valence-electron chi connectivity index (χ1n) is 12.4. The molecule has 0 saturated carbocycles. The van der Waals surface area contributed by atoms with Crippen LogP contribution in [0.1, 0.15) is 5.56 Å². The highest BCUT2D eigenvalue weighted by Crippen LogP contribution is 2.29. The summed E-state index contributed by atoms with van der Waals surface area (Å²) in [7, 11) is 0. The van der Waals surface area contributed by atoms with Crippen LogP contribution in [0.15, 0.2) is 67.1 Å². The standard InChI is InChI=1S/C21H16N6.3C2HF3O2/c1-13-2-4-17-19(10-13)25-20(14-6-8-22-9-7-14)26-21(17)24-16-3-5-18-15(11-16)12-23-27-18;3*3-2(4,5)1(6)7/h2-12H,1H3,(H,23,27)(H,24,25,26);3*(H,6,7). The summed E-state index contributed by atoms with van der Waals surface area (Å²) in [4.78, 5) is 40.3. The number of nitrogens with one attached hydrogen (secondary N) is 2.